The maximum atomic E-state index is 12.9. The van der Waals surface area contributed by atoms with Crippen molar-refractivity contribution >= 4 is 21.8 Å². The van der Waals surface area contributed by atoms with Crippen molar-refractivity contribution in [2.24, 2.45) is 0 Å². The van der Waals surface area contributed by atoms with Crippen LogP contribution in [0.25, 0.3) is 0 Å². The fourth-order valence-electron chi connectivity index (χ4n) is 1.62. The third-order valence-electron chi connectivity index (χ3n) is 2.53. The molecular weight excluding hydrogens is 299 g/mol. The van der Waals surface area contributed by atoms with Gasteiger partial charge in [-0.2, -0.15) is 4.39 Å². The second-order valence-electron chi connectivity index (χ2n) is 4.21. The molecule has 0 radical (unpaired) electrons. The number of sulfonamides is 1. The molecule has 0 amide bonds. The van der Waals surface area contributed by atoms with Crippen LogP contribution >= 0.6 is 0 Å². The Bertz CT molecular complexity index is 760. The van der Waals surface area contributed by atoms with Gasteiger partial charge < -0.3 is 5.11 Å². The van der Waals surface area contributed by atoms with E-state index in [1.54, 1.807) is 0 Å². The van der Waals surface area contributed by atoms with Crippen molar-refractivity contribution in [2.45, 2.75) is 5.75 Å². The fraction of sp³-hybridized carbons (Fsp3) is 0.0769. The first kappa shape index (κ1) is 14.9. The second kappa shape index (κ2) is 5.88. The van der Waals surface area contributed by atoms with Crippen molar-refractivity contribution in [3.05, 3.63) is 59.5 Å². The van der Waals surface area contributed by atoms with E-state index in [1.807, 2.05) is 0 Å². The van der Waals surface area contributed by atoms with Gasteiger partial charge >= 0.3 is 5.97 Å². The summed E-state index contributed by atoms with van der Waals surface area (Å²) in [6, 6.07) is 9.20. The lowest BCUT2D eigenvalue weighted by Gasteiger charge is -2.07. The monoisotopic (exact) mass is 310 g/mol. The summed E-state index contributed by atoms with van der Waals surface area (Å²) in [5, 5.41) is 8.75. The lowest BCUT2D eigenvalue weighted by atomic mass is 10.1. The molecule has 21 heavy (non-hydrogen) atoms. The minimum atomic E-state index is -3.76. The van der Waals surface area contributed by atoms with Gasteiger partial charge in [0.2, 0.25) is 16.0 Å². The van der Waals surface area contributed by atoms with E-state index < -0.39 is 21.9 Å². The highest BCUT2D eigenvalue weighted by atomic mass is 32.2. The lowest BCUT2D eigenvalue weighted by Crippen LogP contribution is -2.16. The van der Waals surface area contributed by atoms with Gasteiger partial charge in [0.25, 0.3) is 0 Å². The fourth-order valence-corrected chi connectivity index (χ4v) is 2.76. The molecule has 0 saturated carbocycles. The number of nitrogens with zero attached hydrogens (tertiary/aromatic N) is 1. The Morgan fingerprint density at radius 3 is 2.43 bits per heavy atom. The van der Waals surface area contributed by atoms with E-state index in [0.717, 1.165) is 6.07 Å². The molecule has 0 spiro atoms. The van der Waals surface area contributed by atoms with Crippen LogP contribution in [0.2, 0.25) is 0 Å². The van der Waals surface area contributed by atoms with Gasteiger partial charge in [0, 0.05) is 0 Å². The smallest absolute Gasteiger partial charge is 0.335 e. The zero-order valence-electron chi connectivity index (χ0n) is 10.7. The van der Waals surface area contributed by atoms with E-state index >= 15 is 0 Å². The number of aromatic carboxylic acids is 1. The standard InChI is InChI=1S/C13H11FN2O4S/c14-11-2-1-3-12(15-11)16-21(19,20)8-9-4-6-10(7-5-9)13(17)18/h1-7H,8H2,(H,15,16)(H,17,18). The Kier molecular flexibility index (Phi) is 4.18. The van der Waals surface area contributed by atoms with Crippen LogP contribution in [0.3, 0.4) is 0 Å². The first-order chi connectivity index (χ1) is 9.85. The molecule has 0 aliphatic rings. The predicted octanol–water partition coefficient (Wildman–Crippen LogP) is 1.86. The normalized spacial score (nSPS) is 11.1. The largest absolute Gasteiger partial charge is 0.478 e. The van der Waals surface area contributed by atoms with Crippen molar-refractivity contribution in [2.75, 3.05) is 4.72 Å². The first-order valence-corrected chi connectivity index (χ1v) is 7.46. The highest BCUT2D eigenvalue weighted by molar-refractivity contribution is 7.91. The Hall–Kier alpha value is -2.48. The summed E-state index contributed by atoms with van der Waals surface area (Å²) in [6.07, 6.45) is 0. The summed E-state index contributed by atoms with van der Waals surface area (Å²) in [7, 11) is -3.76. The molecule has 2 N–H and O–H groups in total. The zero-order valence-corrected chi connectivity index (χ0v) is 11.5. The van der Waals surface area contributed by atoms with E-state index in [4.69, 9.17) is 5.11 Å². The van der Waals surface area contributed by atoms with Gasteiger partial charge in [0.15, 0.2) is 0 Å². The molecule has 6 nitrogen and oxygen atoms in total. The third-order valence-corrected chi connectivity index (χ3v) is 3.77. The van der Waals surface area contributed by atoms with E-state index in [9.17, 15) is 17.6 Å². The molecule has 0 fully saturated rings. The number of benzene rings is 1. The van der Waals surface area contributed by atoms with Gasteiger partial charge in [0.1, 0.15) is 5.82 Å². The lowest BCUT2D eigenvalue weighted by molar-refractivity contribution is 0.0697. The number of carbonyl (C=O) groups is 1. The molecule has 0 saturated heterocycles. The number of anilines is 1. The Labute approximate surface area is 120 Å². The Balaban J connectivity index is 2.12. The van der Waals surface area contributed by atoms with Gasteiger partial charge in [-0.1, -0.05) is 18.2 Å². The summed E-state index contributed by atoms with van der Waals surface area (Å²) in [4.78, 5) is 14.1. The van der Waals surface area contributed by atoms with Crippen molar-refractivity contribution < 1.29 is 22.7 Å². The van der Waals surface area contributed by atoms with Crippen LogP contribution in [0.4, 0.5) is 10.2 Å². The van der Waals surface area contributed by atoms with Gasteiger partial charge in [-0.25, -0.2) is 18.2 Å². The van der Waals surface area contributed by atoms with Crippen molar-refractivity contribution in [1.29, 1.82) is 0 Å². The maximum Gasteiger partial charge on any atom is 0.335 e. The Morgan fingerprint density at radius 1 is 1.19 bits per heavy atom. The third kappa shape index (κ3) is 4.25. The average Bonchev–Trinajstić information content (AvgIpc) is 2.38. The molecule has 0 aliphatic carbocycles. The summed E-state index contributed by atoms with van der Waals surface area (Å²) in [5.74, 6) is -2.37. The maximum absolute atomic E-state index is 12.9. The molecule has 110 valence electrons. The molecule has 0 unspecified atom stereocenters. The molecule has 1 heterocycles. The molecule has 0 bridgehead atoms. The number of carboxylic acid groups (broad SMARTS) is 1. The molecule has 8 heteroatoms. The van der Waals surface area contributed by atoms with Gasteiger partial charge in [-0.05, 0) is 29.8 Å². The van der Waals surface area contributed by atoms with E-state index in [2.05, 4.69) is 9.71 Å². The molecular formula is C13H11FN2O4S. The van der Waals surface area contributed by atoms with Gasteiger partial charge in [-0.15, -0.1) is 0 Å². The number of halogens is 1. The summed E-state index contributed by atoms with van der Waals surface area (Å²) < 4.78 is 38.9. The predicted molar refractivity (Wildman–Crippen MR) is 73.8 cm³/mol. The van der Waals surface area contributed by atoms with E-state index in [0.29, 0.717) is 5.56 Å². The summed E-state index contributed by atoms with van der Waals surface area (Å²) in [5.41, 5.74) is 0.472. The molecule has 0 atom stereocenters. The van der Waals surface area contributed by atoms with Crippen LogP contribution in [0.5, 0.6) is 0 Å². The van der Waals surface area contributed by atoms with Crippen molar-refractivity contribution in [3.8, 4) is 0 Å². The van der Waals surface area contributed by atoms with E-state index in [1.165, 1.54) is 36.4 Å². The topological polar surface area (TPSA) is 96.4 Å². The Morgan fingerprint density at radius 2 is 1.86 bits per heavy atom. The molecule has 2 aromatic rings. The van der Waals surface area contributed by atoms with Gasteiger partial charge in [-0.3, -0.25) is 4.72 Å². The molecule has 1 aromatic carbocycles. The zero-order chi connectivity index (χ0) is 15.5. The van der Waals surface area contributed by atoms with Crippen molar-refractivity contribution in [3.63, 3.8) is 0 Å². The number of nitrogens with one attached hydrogen (secondary N) is 1. The highest BCUT2D eigenvalue weighted by Gasteiger charge is 2.13. The summed E-state index contributed by atoms with van der Waals surface area (Å²) in [6.45, 7) is 0. The van der Waals surface area contributed by atoms with Crippen LogP contribution < -0.4 is 4.72 Å². The molecule has 0 aliphatic heterocycles. The number of carboxylic acids is 1. The molecule has 1 aromatic heterocycles. The van der Waals surface area contributed by atoms with Crippen LogP contribution in [-0.2, 0) is 15.8 Å². The summed E-state index contributed by atoms with van der Waals surface area (Å²) >= 11 is 0. The number of aromatic nitrogens is 1. The van der Waals surface area contributed by atoms with Crippen LogP contribution in [0.15, 0.2) is 42.5 Å². The first-order valence-electron chi connectivity index (χ1n) is 5.81. The van der Waals surface area contributed by atoms with Crippen LogP contribution in [0.1, 0.15) is 15.9 Å². The molecule has 2 rings (SSSR count). The average molecular weight is 310 g/mol. The van der Waals surface area contributed by atoms with E-state index in [-0.39, 0.29) is 17.1 Å². The van der Waals surface area contributed by atoms with Crippen LogP contribution in [-0.4, -0.2) is 24.5 Å². The second-order valence-corrected chi connectivity index (χ2v) is 5.93. The minimum absolute atomic E-state index is 0.0657. The van der Waals surface area contributed by atoms with Crippen molar-refractivity contribution in [1.82, 2.24) is 4.98 Å². The highest BCUT2D eigenvalue weighted by Crippen LogP contribution is 2.12. The number of hydrogen-bond acceptors (Lipinski definition) is 4. The number of rotatable bonds is 5. The quantitative estimate of drug-likeness (QED) is 0.822. The number of hydrogen-bond donors (Lipinski definition) is 2. The number of pyridine rings is 1. The van der Waals surface area contributed by atoms with Gasteiger partial charge in [0.05, 0.1) is 11.3 Å². The minimum Gasteiger partial charge on any atom is -0.478 e. The SMILES string of the molecule is O=C(O)c1ccc(CS(=O)(=O)Nc2cccc(F)n2)cc1. The van der Waals surface area contributed by atoms with Crippen LogP contribution in [0, 0.1) is 5.95 Å².